The number of hydrogen-bond acceptors (Lipinski definition) is 3. The van der Waals surface area contributed by atoms with Gasteiger partial charge in [-0.05, 0) is 44.5 Å². The second-order valence-corrected chi connectivity index (χ2v) is 4.69. The fourth-order valence-electron chi connectivity index (χ4n) is 2.45. The van der Waals surface area contributed by atoms with Crippen molar-refractivity contribution in [2.45, 2.75) is 25.8 Å². The molecule has 4 heteroatoms. The summed E-state index contributed by atoms with van der Waals surface area (Å²) in [7, 11) is 1.81. The third-order valence-corrected chi connectivity index (χ3v) is 3.58. The van der Waals surface area contributed by atoms with E-state index >= 15 is 0 Å². The molecule has 0 aliphatic heterocycles. The second kappa shape index (κ2) is 4.98. The summed E-state index contributed by atoms with van der Waals surface area (Å²) in [6.07, 6.45) is 1.47. The zero-order chi connectivity index (χ0) is 13.2. The van der Waals surface area contributed by atoms with Gasteiger partial charge in [-0.3, -0.25) is 4.79 Å². The molecule has 1 aliphatic carbocycles. The van der Waals surface area contributed by atoms with Crippen LogP contribution in [-0.2, 0) is 4.79 Å². The summed E-state index contributed by atoms with van der Waals surface area (Å²) < 4.78 is 5.39. The molecule has 0 spiro atoms. The zero-order valence-electron chi connectivity index (χ0n) is 10.8. The van der Waals surface area contributed by atoms with E-state index in [-0.39, 0.29) is 6.04 Å². The Kier molecular flexibility index (Phi) is 3.57. The lowest BCUT2D eigenvalue weighted by Crippen LogP contribution is -2.32. The summed E-state index contributed by atoms with van der Waals surface area (Å²) >= 11 is 0. The first-order chi connectivity index (χ1) is 8.64. The van der Waals surface area contributed by atoms with Crippen LogP contribution in [0.3, 0.4) is 0 Å². The van der Waals surface area contributed by atoms with E-state index in [1.54, 1.807) is 0 Å². The first-order valence-electron chi connectivity index (χ1n) is 6.27. The monoisotopic (exact) mass is 249 g/mol. The average Bonchev–Trinajstić information content (AvgIpc) is 3.14. The van der Waals surface area contributed by atoms with Crippen LogP contribution in [0.15, 0.2) is 24.3 Å². The van der Waals surface area contributed by atoms with Gasteiger partial charge in [-0.15, -0.1) is 0 Å². The molecule has 98 valence electrons. The maximum absolute atomic E-state index is 11.4. The van der Waals surface area contributed by atoms with E-state index in [0.29, 0.717) is 6.61 Å². The van der Waals surface area contributed by atoms with Gasteiger partial charge >= 0.3 is 5.97 Å². The normalized spacial score (nSPS) is 18.1. The van der Waals surface area contributed by atoms with Gasteiger partial charge in [-0.1, -0.05) is 12.1 Å². The molecule has 4 nitrogen and oxygen atoms in total. The van der Waals surface area contributed by atoms with Crippen molar-refractivity contribution < 1.29 is 14.6 Å². The minimum Gasteiger partial charge on any atom is -0.494 e. The smallest absolute Gasteiger partial charge is 0.311 e. The summed E-state index contributed by atoms with van der Waals surface area (Å²) in [5, 5.41) is 12.5. The van der Waals surface area contributed by atoms with E-state index in [9.17, 15) is 9.90 Å². The molecule has 1 saturated carbocycles. The Hall–Kier alpha value is -1.55. The van der Waals surface area contributed by atoms with Crippen LogP contribution in [-0.4, -0.2) is 24.7 Å². The standard InChI is InChI=1S/C14H19NO3/c1-3-18-11-6-4-10(5-7-11)12(15-2)14(8-9-14)13(16)17/h4-7,12,15H,3,8-9H2,1-2H3,(H,16,17). The van der Waals surface area contributed by atoms with Gasteiger partial charge in [0, 0.05) is 6.04 Å². The SMILES string of the molecule is CCOc1ccc(C(NC)C2(C(=O)O)CC2)cc1. The van der Waals surface area contributed by atoms with Crippen molar-refractivity contribution >= 4 is 5.97 Å². The number of ether oxygens (including phenoxy) is 1. The van der Waals surface area contributed by atoms with E-state index in [2.05, 4.69) is 5.32 Å². The van der Waals surface area contributed by atoms with Crippen LogP contribution in [0.4, 0.5) is 0 Å². The molecule has 2 N–H and O–H groups in total. The van der Waals surface area contributed by atoms with Crippen molar-refractivity contribution in [1.82, 2.24) is 5.32 Å². The van der Waals surface area contributed by atoms with Crippen molar-refractivity contribution in [3.63, 3.8) is 0 Å². The van der Waals surface area contributed by atoms with E-state index in [1.165, 1.54) is 0 Å². The van der Waals surface area contributed by atoms with Crippen LogP contribution in [0.25, 0.3) is 0 Å². The summed E-state index contributed by atoms with van der Waals surface area (Å²) in [5.74, 6) is 0.104. The molecule has 1 aliphatic rings. The van der Waals surface area contributed by atoms with Crippen LogP contribution in [0, 0.1) is 5.41 Å². The molecule has 2 rings (SSSR count). The first-order valence-corrected chi connectivity index (χ1v) is 6.27. The second-order valence-electron chi connectivity index (χ2n) is 4.69. The molecule has 0 radical (unpaired) electrons. The minimum atomic E-state index is -0.712. The molecule has 1 aromatic carbocycles. The van der Waals surface area contributed by atoms with E-state index in [4.69, 9.17) is 4.74 Å². The van der Waals surface area contributed by atoms with E-state index in [1.807, 2.05) is 38.2 Å². The lowest BCUT2D eigenvalue weighted by molar-refractivity contribution is -0.144. The van der Waals surface area contributed by atoms with Gasteiger partial charge in [0.05, 0.1) is 12.0 Å². The number of carbonyl (C=O) groups is 1. The Morgan fingerprint density at radius 2 is 2.06 bits per heavy atom. The summed E-state index contributed by atoms with van der Waals surface area (Å²) in [4.78, 5) is 11.4. The first kappa shape index (κ1) is 12.9. The third kappa shape index (κ3) is 2.20. The summed E-state index contributed by atoms with van der Waals surface area (Å²) in [6.45, 7) is 2.57. The zero-order valence-corrected chi connectivity index (χ0v) is 10.8. The van der Waals surface area contributed by atoms with Gasteiger partial charge in [0.2, 0.25) is 0 Å². The highest BCUT2D eigenvalue weighted by Gasteiger charge is 2.56. The molecule has 0 saturated heterocycles. The third-order valence-electron chi connectivity index (χ3n) is 3.58. The predicted octanol–water partition coefficient (Wildman–Crippen LogP) is 2.21. The fraction of sp³-hybridized carbons (Fsp3) is 0.500. The van der Waals surface area contributed by atoms with Crippen molar-refractivity contribution in [2.24, 2.45) is 5.41 Å². The molecule has 1 aromatic rings. The predicted molar refractivity (Wildman–Crippen MR) is 68.7 cm³/mol. The highest BCUT2D eigenvalue weighted by molar-refractivity contribution is 5.79. The fourth-order valence-corrected chi connectivity index (χ4v) is 2.45. The maximum Gasteiger partial charge on any atom is 0.311 e. The highest BCUT2D eigenvalue weighted by atomic mass is 16.5. The van der Waals surface area contributed by atoms with Gasteiger partial charge < -0.3 is 15.2 Å². The number of hydrogen-bond donors (Lipinski definition) is 2. The Labute approximate surface area is 107 Å². The van der Waals surface area contributed by atoms with Crippen LogP contribution in [0.5, 0.6) is 5.75 Å². The van der Waals surface area contributed by atoms with Crippen LogP contribution in [0.2, 0.25) is 0 Å². The molecule has 1 unspecified atom stereocenters. The molecule has 0 amide bonds. The Balaban J connectivity index is 2.20. The molecular formula is C14H19NO3. The number of rotatable bonds is 6. The van der Waals surface area contributed by atoms with Crippen LogP contribution in [0.1, 0.15) is 31.4 Å². The largest absolute Gasteiger partial charge is 0.494 e. The van der Waals surface area contributed by atoms with Gasteiger partial charge in [-0.25, -0.2) is 0 Å². The van der Waals surface area contributed by atoms with Gasteiger partial charge in [0.25, 0.3) is 0 Å². The molecule has 1 atom stereocenters. The van der Waals surface area contributed by atoms with Crippen molar-refractivity contribution in [1.29, 1.82) is 0 Å². The number of nitrogens with one attached hydrogen (secondary N) is 1. The van der Waals surface area contributed by atoms with Crippen LogP contribution >= 0.6 is 0 Å². The number of aliphatic carboxylic acids is 1. The summed E-state index contributed by atoms with van der Waals surface area (Å²) in [5.41, 5.74) is 0.378. The molecule has 0 aromatic heterocycles. The van der Waals surface area contributed by atoms with E-state index in [0.717, 1.165) is 24.2 Å². The maximum atomic E-state index is 11.4. The summed E-state index contributed by atoms with van der Waals surface area (Å²) in [6, 6.07) is 7.53. The molecule has 18 heavy (non-hydrogen) atoms. The van der Waals surface area contributed by atoms with Gasteiger partial charge in [0.1, 0.15) is 5.75 Å². The van der Waals surface area contributed by atoms with Crippen molar-refractivity contribution in [2.75, 3.05) is 13.7 Å². The molecule has 0 bridgehead atoms. The topological polar surface area (TPSA) is 58.6 Å². The number of carboxylic acids is 1. The number of carboxylic acid groups (broad SMARTS) is 1. The Bertz CT molecular complexity index is 423. The van der Waals surface area contributed by atoms with Crippen molar-refractivity contribution in [3.8, 4) is 5.75 Å². The average molecular weight is 249 g/mol. The highest BCUT2D eigenvalue weighted by Crippen LogP contribution is 2.55. The molecular weight excluding hydrogens is 230 g/mol. The minimum absolute atomic E-state index is 0.134. The van der Waals surface area contributed by atoms with Gasteiger partial charge in [0.15, 0.2) is 0 Å². The van der Waals surface area contributed by atoms with E-state index < -0.39 is 11.4 Å². The number of benzene rings is 1. The molecule has 0 heterocycles. The molecule has 1 fully saturated rings. The van der Waals surface area contributed by atoms with Crippen molar-refractivity contribution in [3.05, 3.63) is 29.8 Å². The lowest BCUT2D eigenvalue weighted by atomic mass is 9.90. The lowest BCUT2D eigenvalue weighted by Gasteiger charge is -2.23. The Morgan fingerprint density at radius 3 is 2.44 bits per heavy atom. The van der Waals surface area contributed by atoms with Gasteiger partial charge in [-0.2, -0.15) is 0 Å². The van der Waals surface area contributed by atoms with Crippen LogP contribution < -0.4 is 10.1 Å². The Morgan fingerprint density at radius 1 is 1.44 bits per heavy atom. The quantitative estimate of drug-likeness (QED) is 0.811.